The highest BCUT2D eigenvalue weighted by molar-refractivity contribution is 7.15. The van der Waals surface area contributed by atoms with Crippen LogP contribution in [0.2, 0.25) is 0 Å². The minimum atomic E-state index is -4.13. The largest absolute Gasteiger partial charge is 0.401 e. The predicted molar refractivity (Wildman–Crippen MR) is 107 cm³/mol. The van der Waals surface area contributed by atoms with E-state index in [1.807, 2.05) is 18.4 Å². The Morgan fingerprint density at radius 3 is 2.72 bits per heavy atom. The second kappa shape index (κ2) is 8.29. The van der Waals surface area contributed by atoms with Crippen molar-refractivity contribution in [1.29, 1.82) is 0 Å². The zero-order valence-corrected chi connectivity index (χ0v) is 17.5. The van der Waals surface area contributed by atoms with Crippen molar-refractivity contribution in [2.45, 2.75) is 50.4 Å². The van der Waals surface area contributed by atoms with Gasteiger partial charge in [-0.15, -0.1) is 21.5 Å². The highest BCUT2D eigenvalue weighted by Gasteiger charge is 2.41. The SMILES string of the molecule is Cc1nnc(NC(=O)c2cc(C3CC3NC3CCN(CC(F)(F)F)CC3)cs2)s1. The van der Waals surface area contributed by atoms with Gasteiger partial charge in [0.15, 0.2) is 0 Å². The minimum Gasteiger partial charge on any atom is -0.311 e. The molecule has 2 aromatic heterocycles. The first-order chi connectivity index (χ1) is 13.8. The number of aromatic nitrogens is 2. The Hall–Kier alpha value is -1.56. The van der Waals surface area contributed by atoms with Crippen LogP contribution in [-0.4, -0.2) is 58.9 Å². The van der Waals surface area contributed by atoms with Crippen LogP contribution in [0.25, 0.3) is 0 Å². The van der Waals surface area contributed by atoms with Gasteiger partial charge in [-0.05, 0) is 56.3 Å². The van der Waals surface area contributed by atoms with Gasteiger partial charge < -0.3 is 5.32 Å². The maximum atomic E-state index is 12.5. The molecule has 2 fully saturated rings. The average molecular weight is 446 g/mol. The lowest BCUT2D eigenvalue weighted by Crippen LogP contribution is -2.46. The third kappa shape index (κ3) is 5.53. The molecule has 1 aliphatic heterocycles. The Kier molecular flexibility index (Phi) is 5.92. The number of rotatable bonds is 6. The maximum Gasteiger partial charge on any atom is 0.401 e. The Bertz CT molecular complexity index is 860. The summed E-state index contributed by atoms with van der Waals surface area (Å²) in [5, 5.41) is 17.4. The van der Waals surface area contributed by atoms with Crippen LogP contribution >= 0.6 is 22.7 Å². The fourth-order valence-electron chi connectivity index (χ4n) is 3.73. The number of hydrogen-bond acceptors (Lipinski definition) is 7. The zero-order chi connectivity index (χ0) is 20.6. The molecule has 2 N–H and O–H groups in total. The van der Waals surface area contributed by atoms with Crippen molar-refractivity contribution in [2.75, 3.05) is 25.0 Å². The van der Waals surface area contributed by atoms with Gasteiger partial charge in [-0.25, -0.2) is 0 Å². The summed E-state index contributed by atoms with van der Waals surface area (Å²) in [6.07, 6.45) is -1.66. The highest BCUT2D eigenvalue weighted by Crippen LogP contribution is 2.43. The van der Waals surface area contributed by atoms with E-state index < -0.39 is 12.7 Å². The van der Waals surface area contributed by atoms with E-state index in [1.165, 1.54) is 27.6 Å². The summed E-state index contributed by atoms with van der Waals surface area (Å²) in [6, 6.07) is 2.52. The molecule has 2 aromatic rings. The number of halogens is 3. The monoisotopic (exact) mass is 445 g/mol. The van der Waals surface area contributed by atoms with E-state index in [1.54, 1.807) is 0 Å². The number of thiophene rings is 1. The molecule has 0 spiro atoms. The van der Waals surface area contributed by atoms with Gasteiger partial charge in [-0.3, -0.25) is 15.0 Å². The fourth-order valence-corrected chi connectivity index (χ4v) is 5.19. The molecule has 2 aliphatic rings. The molecule has 4 rings (SSSR count). The van der Waals surface area contributed by atoms with E-state index in [-0.39, 0.29) is 11.9 Å². The van der Waals surface area contributed by atoms with E-state index in [0.717, 1.165) is 29.8 Å². The molecule has 1 saturated carbocycles. The molecule has 1 amide bonds. The summed E-state index contributed by atoms with van der Waals surface area (Å²) >= 11 is 2.74. The number of alkyl halides is 3. The van der Waals surface area contributed by atoms with Crippen LogP contribution in [-0.2, 0) is 0 Å². The third-order valence-electron chi connectivity index (χ3n) is 5.25. The first kappa shape index (κ1) is 20.7. The first-order valence-electron chi connectivity index (χ1n) is 9.52. The lowest BCUT2D eigenvalue weighted by atomic mass is 10.0. The summed E-state index contributed by atoms with van der Waals surface area (Å²) in [4.78, 5) is 14.5. The van der Waals surface area contributed by atoms with Crippen LogP contribution in [0.5, 0.6) is 0 Å². The summed E-state index contributed by atoms with van der Waals surface area (Å²) < 4.78 is 37.5. The standard InChI is InChI=1S/C18H22F3N5OS2/c1-10-24-25-17(29-10)23-16(27)15-6-11(8-28-15)13-7-14(13)22-12-2-4-26(5-3-12)9-18(19,20)21/h6,8,12-14,22H,2-5,7,9H2,1H3,(H,23,25,27). The normalized spacial score (nSPS) is 23.3. The quantitative estimate of drug-likeness (QED) is 0.711. The minimum absolute atomic E-state index is 0.181. The molecule has 6 nitrogen and oxygen atoms in total. The van der Waals surface area contributed by atoms with E-state index in [0.29, 0.717) is 35.1 Å². The molecule has 2 atom stereocenters. The van der Waals surface area contributed by atoms with Crippen molar-refractivity contribution >= 4 is 33.7 Å². The molecule has 0 bridgehead atoms. The molecule has 2 unspecified atom stereocenters. The molecule has 29 heavy (non-hydrogen) atoms. The number of nitrogens with zero attached hydrogens (tertiary/aromatic N) is 3. The Labute approximate surface area is 174 Å². The summed E-state index contributed by atoms with van der Waals surface area (Å²) in [7, 11) is 0. The predicted octanol–water partition coefficient (Wildman–Crippen LogP) is 3.63. The molecule has 158 valence electrons. The van der Waals surface area contributed by atoms with E-state index in [2.05, 4.69) is 20.8 Å². The van der Waals surface area contributed by atoms with E-state index >= 15 is 0 Å². The highest BCUT2D eigenvalue weighted by atomic mass is 32.1. The lowest BCUT2D eigenvalue weighted by Gasteiger charge is -2.33. The van der Waals surface area contributed by atoms with Gasteiger partial charge in [-0.1, -0.05) is 11.3 Å². The van der Waals surface area contributed by atoms with Gasteiger partial charge in [0.05, 0.1) is 11.4 Å². The summed E-state index contributed by atoms with van der Waals surface area (Å²) in [5.41, 5.74) is 1.14. The molecular formula is C18H22F3N5OS2. The number of carbonyl (C=O) groups is 1. The smallest absolute Gasteiger partial charge is 0.311 e. The van der Waals surface area contributed by atoms with E-state index in [9.17, 15) is 18.0 Å². The van der Waals surface area contributed by atoms with Gasteiger partial charge >= 0.3 is 6.18 Å². The van der Waals surface area contributed by atoms with E-state index in [4.69, 9.17) is 0 Å². The number of piperidine rings is 1. The van der Waals surface area contributed by atoms with Crippen LogP contribution < -0.4 is 10.6 Å². The van der Waals surface area contributed by atoms with Crippen LogP contribution in [0.4, 0.5) is 18.3 Å². The van der Waals surface area contributed by atoms with Crippen LogP contribution in [0.3, 0.4) is 0 Å². The zero-order valence-electron chi connectivity index (χ0n) is 15.8. The average Bonchev–Trinajstić information content (AvgIpc) is 3.03. The summed E-state index contributed by atoms with van der Waals surface area (Å²) in [6.45, 7) is 1.96. The van der Waals surface area contributed by atoms with Gasteiger partial charge in [0.25, 0.3) is 5.91 Å². The fraction of sp³-hybridized carbons (Fsp3) is 0.611. The molecule has 1 aliphatic carbocycles. The van der Waals surface area contributed by atoms with Crippen LogP contribution in [0.1, 0.15) is 45.4 Å². The molecule has 3 heterocycles. The van der Waals surface area contributed by atoms with Crippen molar-refractivity contribution < 1.29 is 18.0 Å². The van der Waals surface area contributed by atoms with Crippen molar-refractivity contribution in [3.8, 4) is 0 Å². The molecular weight excluding hydrogens is 423 g/mol. The van der Waals surface area contributed by atoms with Crippen molar-refractivity contribution in [2.24, 2.45) is 0 Å². The molecule has 0 radical (unpaired) electrons. The Balaban J connectivity index is 1.23. The lowest BCUT2D eigenvalue weighted by molar-refractivity contribution is -0.148. The van der Waals surface area contributed by atoms with Crippen molar-refractivity contribution in [3.05, 3.63) is 26.9 Å². The number of aryl methyl sites for hydroxylation is 1. The van der Waals surface area contributed by atoms with Crippen LogP contribution in [0, 0.1) is 6.92 Å². The van der Waals surface area contributed by atoms with Gasteiger partial charge in [-0.2, -0.15) is 13.2 Å². The Morgan fingerprint density at radius 2 is 2.07 bits per heavy atom. The second-order valence-electron chi connectivity index (χ2n) is 7.61. The number of nitrogens with one attached hydrogen (secondary N) is 2. The molecule has 0 aromatic carbocycles. The number of carbonyl (C=O) groups excluding carboxylic acids is 1. The summed E-state index contributed by atoms with van der Waals surface area (Å²) in [5.74, 6) is 0.185. The topological polar surface area (TPSA) is 70.1 Å². The van der Waals surface area contributed by atoms with Gasteiger partial charge in [0, 0.05) is 18.0 Å². The number of likely N-dealkylation sites (tertiary alicyclic amines) is 1. The molecule has 11 heteroatoms. The number of amides is 1. The van der Waals surface area contributed by atoms with Gasteiger partial charge in [0.2, 0.25) is 5.13 Å². The Morgan fingerprint density at radius 1 is 1.31 bits per heavy atom. The maximum absolute atomic E-state index is 12.5. The van der Waals surface area contributed by atoms with Crippen molar-refractivity contribution in [3.63, 3.8) is 0 Å². The second-order valence-corrected chi connectivity index (χ2v) is 9.70. The third-order valence-corrected chi connectivity index (χ3v) is 6.95. The number of hydrogen-bond donors (Lipinski definition) is 2. The first-order valence-corrected chi connectivity index (χ1v) is 11.2. The molecule has 1 saturated heterocycles. The van der Waals surface area contributed by atoms with Gasteiger partial charge in [0.1, 0.15) is 5.01 Å². The van der Waals surface area contributed by atoms with Crippen LogP contribution in [0.15, 0.2) is 11.4 Å². The number of anilines is 1. The van der Waals surface area contributed by atoms with Crippen molar-refractivity contribution in [1.82, 2.24) is 20.4 Å².